The highest BCUT2D eigenvalue weighted by Crippen LogP contribution is 2.34. The smallest absolute Gasteiger partial charge is 0.324 e. The fourth-order valence-electron chi connectivity index (χ4n) is 6.15. The van der Waals surface area contributed by atoms with Crippen LogP contribution in [0.1, 0.15) is 55.2 Å². The fraction of sp³-hybridized carbons (Fsp3) is 0.419. The summed E-state index contributed by atoms with van der Waals surface area (Å²) in [7, 11) is 2.04. The zero-order chi connectivity index (χ0) is 30.1. The van der Waals surface area contributed by atoms with Gasteiger partial charge in [-0.15, -0.1) is 0 Å². The van der Waals surface area contributed by atoms with Crippen molar-refractivity contribution in [1.82, 2.24) is 29.7 Å². The quantitative estimate of drug-likeness (QED) is 0.260. The van der Waals surface area contributed by atoms with E-state index in [1.807, 2.05) is 31.3 Å². The van der Waals surface area contributed by atoms with Gasteiger partial charge in [-0.25, -0.2) is 4.98 Å². The van der Waals surface area contributed by atoms with Crippen LogP contribution in [0.25, 0.3) is 22.3 Å². The Kier molecular flexibility index (Phi) is 8.39. The number of fused-ring (bicyclic) bond motifs is 1. The maximum Gasteiger partial charge on any atom is 0.406 e. The molecule has 6 rings (SSSR count). The molecule has 0 radical (unpaired) electrons. The number of pyridine rings is 2. The Morgan fingerprint density at radius 2 is 1.86 bits per heavy atom. The second kappa shape index (κ2) is 12.2. The Morgan fingerprint density at radius 3 is 2.56 bits per heavy atom. The Hall–Kier alpha value is -3.54. The minimum absolute atomic E-state index is 0.0394. The molecule has 3 aromatic heterocycles. The predicted octanol–water partition coefficient (Wildman–Crippen LogP) is 6.44. The van der Waals surface area contributed by atoms with E-state index < -0.39 is 18.3 Å². The van der Waals surface area contributed by atoms with E-state index in [9.17, 15) is 18.0 Å². The van der Waals surface area contributed by atoms with Crippen LogP contribution in [-0.4, -0.2) is 57.3 Å². The lowest BCUT2D eigenvalue weighted by atomic mass is 9.92. The van der Waals surface area contributed by atoms with Crippen molar-refractivity contribution in [2.75, 3.05) is 32.0 Å². The number of piperidine rings is 2. The molecule has 8 nitrogen and oxygen atoms in total. The molecule has 226 valence electrons. The maximum absolute atomic E-state index is 13.7. The average molecular weight is 612 g/mol. The van der Waals surface area contributed by atoms with E-state index in [1.54, 1.807) is 12.3 Å². The number of benzene rings is 1. The van der Waals surface area contributed by atoms with E-state index in [0.717, 1.165) is 57.3 Å². The third-order valence-electron chi connectivity index (χ3n) is 8.37. The summed E-state index contributed by atoms with van der Waals surface area (Å²) in [5.41, 5.74) is 1.89. The van der Waals surface area contributed by atoms with Crippen molar-refractivity contribution >= 4 is 34.3 Å². The van der Waals surface area contributed by atoms with E-state index in [0.29, 0.717) is 16.2 Å². The van der Waals surface area contributed by atoms with Gasteiger partial charge in [0.1, 0.15) is 12.2 Å². The van der Waals surface area contributed by atoms with Gasteiger partial charge in [-0.05, 0) is 87.1 Å². The molecule has 43 heavy (non-hydrogen) atoms. The number of likely N-dealkylation sites (tertiary alicyclic amines) is 1. The van der Waals surface area contributed by atoms with Crippen molar-refractivity contribution in [1.29, 1.82) is 0 Å². The molecular formula is C31H33ClF3N7O. The van der Waals surface area contributed by atoms with Gasteiger partial charge in [-0.2, -0.15) is 18.2 Å². The van der Waals surface area contributed by atoms with Crippen LogP contribution in [0.15, 0.2) is 53.6 Å². The molecule has 2 unspecified atom stereocenters. The van der Waals surface area contributed by atoms with Crippen LogP contribution in [0, 0.1) is 0 Å². The third kappa shape index (κ3) is 6.53. The number of aromatic nitrogens is 4. The molecule has 2 aliphatic heterocycles. The van der Waals surface area contributed by atoms with Gasteiger partial charge in [-0.3, -0.25) is 19.2 Å². The Balaban J connectivity index is 1.34. The number of halogens is 4. The van der Waals surface area contributed by atoms with E-state index in [4.69, 9.17) is 11.6 Å². The normalized spacial score (nSPS) is 19.9. The van der Waals surface area contributed by atoms with E-state index in [2.05, 4.69) is 30.5 Å². The number of nitrogens with zero attached hydrogens (tertiary/aromatic N) is 5. The second-order valence-corrected chi connectivity index (χ2v) is 11.8. The molecule has 2 aliphatic rings. The maximum atomic E-state index is 13.7. The highest BCUT2D eigenvalue weighted by molar-refractivity contribution is 6.33. The minimum atomic E-state index is -4.66. The van der Waals surface area contributed by atoms with Crippen LogP contribution in [0.3, 0.4) is 0 Å². The van der Waals surface area contributed by atoms with Crippen molar-refractivity contribution in [2.45, 2.75) is 56.8 Å². The van der Waals surface area contributed by atoms with Gasteiger partial charge in [0.05, 0.1) is 16.3 Å². The highest BCUT2D eigenvalue weighted by Gasteiger charge is 2.31. The number of nitrogens with one attached hydrogen (secondary N) is 2. The van der Waals surface area contributed by atoms with Crippen molar-refractivity contribution in [3.05, 3.63) is 75.3 Å². The predicted molar refractivity (Wildman–Crippen MR) is 162 cm³/mol. The first-order valence-corrected chi connectivity index (χ1v) is 15.0. The molecule has 0 saturated carbocycles. The summed E-state index contributed by atoms with van der Waals surface area (Å²) in [5, 5.41) is 6.94. The molecular weight excluding hydrogens is 579 g/mol. The summed E-state index contributed by atoms with van der Waals surface area (Å²) < 4.78 is 41.8. The molecule has 0 bridgehead atoms. The first-order chi connectivity index (χ1) is 20.7. The Bertz CT molecular complexity index is 1670. The van der Waals surface area contributed by atoms with Crippen molar-refractivity contribution in [3.63, 3.8) is 0 Å². The van der Waals surface area contributed by atoms with Gasteiger partial charge < -0.3 is 10.6 Å². The minimum Gasteiger partial charge on any atom is -0.324 e. The monoisotopic (exact) mass is 611 g/mol. The van der Waals surface area contributed by atoms with Gasteiger partial charge in [0.25, 0.3) is 5.56 Å². The zero-order valence-corrected chi connectivity index (χ0v) is 24.5. The van der Waals surface area contributed by atoms with Crippen molar-refractivity contribution < 1.29 is 13.2 Å². The van der Waals surface area contributed by atoms with Gasteiger partial charge in [0, 0.05) is 36.1 Å². The topological polar surface area (TPSA) is 88.0 Å². The Labute approximate surface area is 252 Å². The number of hydrogen-bond acceptors (Lipinski definition) is 7. The van der Waals surface area contributed by atoms with Gasteiger partial charge in [0.15, 0.2) is 0 Å². The lowest BCUT2D eigenvalue weighted by molar-refractivity contribution is -0.140. The molecule has 0 spiro atoms. The SMILES string of the molecule is CN1CCCCC1c1cnc(-c2cc3cnc(Nc4ccc(C5CCCNC5)cc4)nc3n(CC(F)(F)F)c2=O)c(Cl)c1. The molecule has 4 aromatic rings. The lowest BCUT2D eigenvalue weighted by Crippen LogP contribution is -2.30. The molecule has 2 saturated heterocycles. The molecule has 0 aliphatic carbocycles. The average Bonchev–Trinajstić information content (AvgIpc) is 2.99. The van der Waals surface area contributed by atoms with Crippen LogP contribution in [0.4, 0.5) is 24.8 Å². The standard InChI is InChI=1S/C31H33ClF3N7O/c1-41-12-3-2-6-26(41)21-14-25(32)27(37-16-21)24-13-22-17-38-30(40-28(22)42(29(24)43)18-31(33,34)35)39-23-9-7-19(8-10-23)20-5-4-11-36-15-20/h7-10,13-14,16-17,20,26,36H,2-6,11-12,15,18H2,1H3,(H,38,39,40). The summed E-state index contributed by atoms with van der Waals surface area (Å²) in [5.74, 6) is 0.526. The molecule has 1 aromatic carbocycles. The van der Waals surface area contributed by atoms with Gasteiger partial charge in [0.2, 0.25) is 5.95 Å². The molecule has 2 N–H and O–H groups in total. The van der Waals surface area contributed by atoms with Crippen molar-refractivity contribution in [2.24, 2.45) is 0 Å². The first-order valence-electron chi connectivity index (χ1n) is 14.6. The molecule has 5 heterocycles. The summed E-state index contributed by atoms with van der Waals surface area (Å²) in [6, 6.07) is 11.2. The third-order valence-corrected chi connectivity index (χ3v) is 8.66. The second-order valence-electron chi connectivity index (χ2n) is 11.4. The molecule has 12 heteroatoms. The largest absolute Gasteiger partial charge is 0.406 e. The summed E-state index contributed by atoms with van der Waals surface area (Å²) >= 11 is 6.62. The zero-order valence-electron chi connectivity index (χ0n) is 23.8. The summed E-state index contributed by atoms with van der Waals surface area (Å²) in [6.45, 7) is 1.41. The van der Waals surface area contributed by atoms with E-state index in [1.165, 1.54) is 17.8 Å². The van der Waals surface area contributed by atoms with Gasteiger partial charge >= 0.3 is 6.18 Å². The van der Waals surface area contributed by atoms with Crippen LogP contribution in [-0.2, 0) is 6.54 Å². The number of alkyl halides is 3. The van der Waals surface area contributed by atoms with Crippen molar-refractivity contribution in [3.8, 4) is 11.3 Å². The van der Waals surface area contributed by atoms with Crippen LogP contribution < -0.4 is 16.2 Å². The van der Waals surface area contributed by atoms with E-state index >= 15 is 0 Å². The number of anilines is 2. The molecule has 0 amide bonds. The highest BCUT2D eigenvalue weighted by atomic mass is 35.5. The molecule has 2 fully saturated rings. The van der Waals surface area contributed by atoms with Crippen LogP contribution in [0.5, 0.6) is 0 Å². The van der Waals surface area contributed by atoms with Gasteiger partial charge in [-0.1, -0.05) is 30.2 Å². The van der Waals surface area contributed by atoms with E-state index in [-0.39, 0.29) is 39.3 Å². The number of rotatable bonds is 6. The van der Waals surface area contributed by atoms with Crippen LogP contribution in [0.2, 0.25) is 5.02 Å². The summed E-state index contributed by atoms with van der Waals surface area (Å²) in [6.07, 6.45) is 3.81. The number of hydrogen-bond donors (Lipinski definition) is 2. The fourth-order valence-corrected chi connectivity index (χ4v) is 6.42. The Morgan fingerprint density at radius 1 is 1.05 bits per heavy atom. The van der Waals surface area contributed by atoms with Crippen LogP contribution >= 0.6 is 11.6 Å². The summed E-state index contributed by atoms with van der Waals surface area (Å²) in [4.78, 5) is 29.0. The lowest BCUT2D eigenvalue weighted by Gasteiger charge is -2.32. The molecule has 2 atom stereocenters. The first kappa shape index (κ1) is 29.5.